The first-order valence-electron chi connectivity index (χ1n) is 5.31. The third kappa shape index (κ3) is 2.57. The standard InChI is InChI=1S/C13H9F3N2O/c14-13(15,16)11-4-2-1-3-10(11)8-5-9(7-19)12(17)18-6-8/h1-7H,(H2,17,18). The molecule has 2 rings (SSSR count). The Labute approximate surface area is 106 Å². The number of nitrogen functional groups attached to an aromatic ring is 1. The number of halogens is 3. The van der Waals surface area contributed by atoms with E-state index < -0.39 is 11.7 Å². The number of pyridine rings is 1. The highest BCUT2D eigenvalue weighted by Gasteiger charge is 2.33. The van der Waals surface area contributed by atoms with Crippen molar-refractivity contribution in [3.05, 3.63) is 47.7 Å². The van der Waals surface area contributed by atoms with E-state index in [2.05, 4.69) is 4.98 Å². The normalized spacial score (nSPS) is 11.3. The van der Waals surface area contributed by atoms with Crippen LogP contribution in [0, 0.1) is 0 Å². The van der Waals surface area contributed by atoms with E-state index in [-0.39, 0.29) is 22.5 Å². The fourth-order valence-corrected chi connectivity index (χ4v) is 1.72. The Hall–Kier alpha value is -2.37. The average molecular weight is 266 g/mol. The lowest BCUT2D eigenvalue weighted by Crippen LogP contribution is -2.07. The third-order valence-corrected chi connectivity index (χ3v) is 2.62. The summed E-state index contributed by atoms with van der Waals surface area (Å²) in [5.41, 5.74) is 4.88. The molecule has 0 saturated carbocycles. The monoisotopic (exact) mass is 266 g/mol. The van der Waals surface area contributed by atoms with Crippen molar-refractivity contribution in [2.24, 2.45) is 0 Å². The zero-order valence-electron chi connectivity index (χ0n) is 9.61. The predicted molar refractivity (Wildman–Crippen MR) is 64.5 cm³/mol. The lowest BCUT2D eigenvalue weighted by Gasteiger charge is -2.13. The first-order chi connectivity index (χ1) is 8.93. The van der Waals surface area contributed by atoms with Crippen molar-refractivity contribution in [1.29, 1.82) is 0 Å². The zero-order chi connectivity index (χ0) is 14.0. The summed E-state index contributed by atoms with van der Waals surface area (Å²) in [6, 6.07) is 6.38. The van der Waals surface area contributed by atoms with E-state index in [4.69, 9.17) is 5.73 Å². The van der Waals surface area contributed by atoms with Gasteiger partial charge < -0.3 is 5.73 Å². The Kier molecular flexibility index (Phi) is 3.25. The van der Waals surface area contributed by atoms with Crippen LogP contribution in [0.5, 0.6) is 0 Å². The highest BCUT2D eigenvalue weighted by Crippen LogP contribution is 2.37. The fourth-order valence-electron chi connectivity index (χ4n) is 1.72. The second kappa shape index (κ2) is 4.72. The lowest BCUT2D eigenvalue weighted by molar-refractivity contribution is -0.137. The summed E-state index contributed by atoms with van der Waals surface area (Å²) < 4.78 is 38.6. The summed E-state index contributed by atoms with van der Waals surface area (Å²) in [4.78, 5) is 14.5. The number of aldehydes is 1. The first-order valence-corrected chi connectivity index (χ1v) is 5.31. The van der Waals surface area contributed by atoms with Crippen LogP contribution in [0.15, 0.2) is 36.5 Å². The minimum atomic E-state index is -4.47. The number of anilines is 1. The Bertz CT molecular complexity index is 624. The van der Waals surface area contributed by atoms with Crippen LogP contribution in [0.2, 0.25) is 0 Å². The zero-order valence-corrected chi connectivity index (χ0v) is 9.61. The van der Waals surface area contributed by atoms with Gasteiger partial charge in [0.25, 0.3) is 0 Å². The van der Waals surface area contributed by atoms with Gasteiger partial charge in [0.2, 0.25) is 0 Å². The summed E-state index contributed by atoms with van der Waals surface area (Å²) in [7, 11) is 0. The second-order valence-electron chi connectivity index (χ2n) is 3.86. The minimum Gasteiger partial charge on any atom is -0.383 e. The molecule has 3 nitrogen and oxygen atoms in total. The van der Waals surface area contributed by atoms with Crippen LogP contribution in [-0.4, -0.2) is 11.3 Å². The van der Waals surface area contributed by atoms with Gasteiger partial charge in [-0.2, -0.15) is 13.2 Å². The number of benzene rings is 1. The van der Waals surface area contributed by atoms with Gasteiger partial charge in [-0.15, -0.1) is 0 Å². The molecule has 1 aromatic carbocycles. The van der Waals surface area contributed by atoms with Gasteiger partial charge in [-0.05, 0) is 17.7 Å². The highest BCUT2D eigenvalue weighted by molar-refractivity contribution is 5.84. The first kappa shape index (κ1) is 13.1. The molecule has 0 aliphatic rings. The maximum atomic E-state index is 12.9. The maximum Gasteiger partial charge on any atom is 0.417 e. The van der Waals surface area contributed by atoms with Crippen molar-refractivity contribution in [2.45, 2.75) is 6.18 Å². The van der Waals surface area contributed by atoms with Crippen LogP contribution in [0.4, 0.5) is 19.0 Å². The van der Waals surface area contributed by atoms with Gasteiger partial charge in [0.1, 0.15) is 5.82 Å². The van der Waals surface area contributed by atoms with Gasteiger partial charge in [0.05, 0.1) is 11.1 Å². The van der Waals surface area contributed by atoms with E-state index >= 15 is 0 Å². The molecule has 0 aliphatic heterocycles. The van der Waals surface area contributed by atoms with E-state index in [0.717, 1.165) is 6.07 Å². The van der Waals surface area contributed by atoms with E-state index in [0.29, 0.717) is 6.29 Å². The van der Waals surface area contributed by atoms with Gasteiger partial charge in [0, 0.05) is 11.8 Å². The molecule has 98 valence electrons. The van der Waals surface area contributed by atoms with Crippen molar-refractivity contribution in [1.82, 2.24) is 4.98 Å². The molecule has 0 saturated heterocycles. The van der Waals surface area contributed by atoms with Gasteiger partial charge in [0.15, 0.2) is 6.29 Å². The van der Waals surface area contributed by atoms with Crippen LogP contribution in [-0.2, 0) is 6.18 Å². The van der Waals surface area contributed by atoms with E-state index in [1.807, 2.05) is 0 Å². The van der Waals surface area contributed by atoms with Gasteiger partial charge in [-0.3, -0.25) is 4.79 Å². The number of nitrogens with zero attached hydrogens (tertiary/aromatic N) is 1. The smallest absolute Gasteiger partial charge is 0.383 e. The average Bonchev–Trinajstić information content (AvgIpc) is 2.38. The quantitative estimate of drug-likeness (QED) is 0.849. The molecule has 0 fully saturated rings. The third-order valence-electron chi connectivity index (χ3n) is 2.62. The number of nitrogens with two attached hydrogens (primary N) is 1. The number of aromatic nitrogens is 1. The predicted octanol–water partition coefficient (Wildman–Crippen LogP) is 3.16. The topological polar surface area (TPSA) is 56.0 Å². The maximum absolute atomic E-state index is 12.9. The van der Waals surface area contributed by atoms with Crippen LogP contribution in [0.1, 0.15) is 15.9 Å². The Morgan fingerprint density at radius 1 is 1.21 bits per heavy atom. The molecule has 2 N–H and O–H groups in total. The van der Waals surface area contributed by atoms with E-state index in [9.17, 15) is 18.0 Å². The van der Waals surface area contributed by atoms with Gasteiger partial charge >= 0.3 is 6.18 Å². The molecule has 0 aliphatic carbocycles. The van der Waals surface area contributed by atoms with Crippen LogP contribution in [0.3, 0.4) is 0 Å². The molecule has 6 heteroatoms. The van der Waals surface area contributed by atoms with Gasteiger partial charge in [-0.25, -0.2) is 4.98 Å². The SMILES string of the molecule is Nc1ncc(-c2ccccc2C(F)(F)F)cc1C=O. The van der Waals surface area contributed by atoms with Gasteiger partial charge in [-0.1, -0.05) is 18.2 Å². The molecule has 0 amide bonds. The molecule has 0 spiro atoms. The van der Waals surface area contributed by atoms with Crippen molar-refractivity contribution in [3.63, 3.8) is 0 Å². The molecule has 0 unspecified atom stereocenters. The Morgan fingerprint density at radius 2 is 1.89 bits per heavy atom. The molecule has 0 atom stereocenters. The van der Waals surface area contributed by atoms with Crippen LogP contribution >= 0.6 is 0 Å². The number of carbonyl (C=O) groups is 1. The van der Waals surface area contributed by atoms with E-state index in [1.54, 1.807) is 0 Å². The number of alkyl halides is 3. The van der Waals surface area contributed by atoms with Crippen molar-refractivity contribution < 1.29 is 18.0 Å². The summed E-state index contributed by atoms with van der Waals surface area (Å²) >= 11 is 0. The summed E-state index contributed by atoms with van der Waals surface area (Å²) in [6.45, 7) is 0. The molecule has 1 aromatic heterocycles. The number of hydrogen-bond acceptors (Lipinski definition) is 3. The van der Waals surface area contributed by atoms with Crippen LogP contribution in [0.25, 0.3) is 11.1 Å². The number of carbonyl (C=O) groups excluding carboxylic acids is 1. The fraction of sp³-hybridized carbons (Fsp3) is 0.0769. The largest absolute Gasteiger partial charge is 0.417 e. The van der Waals surface area contributed by atoms with E-state index in [1.165, 1.54) is 30.5 Å². The van der Waals surface area contributed by atoms with Crippen molar-refractivity contribution >= 4 is 12.1 Å². The molecule has 0 radical (unpaired) electrons. The molecular weight excluding hydrogens is 257 g/mol. The molecule has 1 heterocycles. The molecular formula is C13H9F3N2O. The second-order valence-corrected chi connectivity index (χ2v) is 3.86. The number of hydrogen-bond donors (Lipinski definition) is 1. The Balaban J connectivity index is 2.63. The lowest BCUT2D eigenvalue weighted by atomic mass is 9.99. The summed E-state index contributed by atoms with van der Waals surface area (Å²) in [6.07, 6.45) is -2.80. The molecule has 19 heavy (non-hydrogen) atoms. The Morgan fingerprint density at radius 3 is 2.53 bits per heavy atom. The minimum absolute atomic E-state index is 0.0109. The highest BCUT2D eigenvalue weighted by atomic mass is 19.4. The summed E-state index contributed by atoms with van der Waals surface area (Å²) in [5, 5.41) is 0. The van der Waals surface area contributed by atoms with Crippen LogP contribution < -0.4 is 5.73 Å². The molecule has 0 bridgehead atoms. The van der Waals surface area contributed by atoms with Crippen molar-refractivity contribution in [3.8, 4) is 11.1 Å². The van der Waals surface area contributed by atoms with Crippen molar-refractivity contribution in [2.75, 3.05) is 5.73 Å². The number of rotatable bonds is 2. The summed E-state index contributed by atoms with van der Waals surface area (Å²) in [5.74, 6) is -0.0109. The molecule has 2 aromatic rings.